The first kappa shape index (κ1) is 14.5. The van der Waals surface area contributed by atoms with E-state index < -0.39 is 0 Å². The molecule has 2 N–H and O–H groups in total. The van der Waals surface area contributed by atoms with Crippen LogP contribution in [0, 0.1) is 5.92 Å². The van der Waals surface area contributed by atoms with Crippen molar-refractivity contribution in [1.29, 1.82) is 0 Å². The molecule has 0 fully saturated rings. The first-order valence-electron chi connectivity index (χ1n) is 6.22. The lowest BCUT2D eigenvalue weighted by Gasteiger charge is -2.14. The van der Waals surface area contributed by atoms with Crippen LogP contribution in [0.1, 0.15) is 45.2 Å². The summed E-state index contributed by atoms with van der Waals surface area (Å²) in [6.45, 7) is 7.16. The van der Waals surface area contributed by atoms with E-state index in [1.54, 1.807) is 0 Å². The highest BCUT2D eigenvalue weighted by atomic mass is 79.9. The molecule has 0 saturated heterocycles. The molecule has 0 bridgehead atoms. The second-order valence-electron chi connectivity index (χ2n) is 4.68. The summed E-state index contributed by atoms with van der Waals surface area (Å²) < 4.78 is 6.78. The molecule has 2 atom stereocenters. The Morgan fingerprint density at radius 1 is 1.35 bits per heavy atom. The van der Waals surface area contributed by atoms with Gasteiger partial charge in [0, 0.05) is 6.04 Å². The number of halogens is 1. The molecule has 17 heavy (non-hydrogen) atoms. The van der Waals surface area contributed by atoms with E-state index in [0.29, 0.717) is 5.92 Å². The van der Waals surface area contributed by atoms with E-state index >= 15 is 0 Å². The van der Waals surface area contributed by atoms with E-state index in [-0.39, 0.29) is 6.04 Å². The Bertz CT molecular complexity index is 352. The fraction of sp³-hybridized carbons (Fsp3) is 0.571. The maximum atomic E-state index is 5.83. The van der Waals surface area contributed by atoms with Crippen molar-refractivity contribution < 1.29 is 4.74 Å². The Hall–Kier alpha value is -0.540. The van der Waals surface area contributed by atoms with Crippen LogP contribution >= 0.6 is 15.9 Å². The van der Waals surface area contributed by atoms with Crippen LogP contribution < -0.4 is 10.5 Å². The standard InChI is InChI=1S/C14H22BrNO/c1-4-5-10(2)9-17-14-7-6-12(11(3)16)8-13(14)15/h6-8,10-11H,4-5,9,16H2,1-3H3/t10?,11-/m1/s1. The van der Waals surface area contributed by atoms with Crippen LogP contribution in [0.25, 0.3) is 0 Å². The van der Waals surface area contributed by atoms with Crippen LogP contribution in [-0.4, -0.2) is 6.61 Å². The monoisotopic (exact) mass is 299 g/mol. The molecule has 0 saturated carbocycles. The summed E-state index contributed by atoms with van der Waals surface area (Å²) in [4.78, 5) is 0. The molecular weight excluding hydrogens is 278 g/mol. The zero-order valence-corrected chi connectivity index (χ0v) is 12.5. The first-order chi connectivity index (χ1) is 8.04. The molecule has 3 heteroatoms. The molecule has 0 radical (unpaired) electrons. The molecule has 1 aromatic carbocycles. The van der Waals surface area contributed by atoms with E-state index in [1.165, 1.54) is 12.8 Å². The minimum atomic E-state index is 0.0550. The van der Waals surface area contributed by atoms with Gasteiger partial charge in [-0.3, -0.25) is 0 Å². The van der Waals surface area contributed by atoms with Crippen molar-refractivity contribution in [3.63, 3.8) is 0 Å². The summed E-state index contributed by atoms with van der Waals surface area (Å²) in [5.41, 5.74) is 6.95. The van der Waals surface area contributed by atoms with Gasteiger partial charge in [0.15, 0.2) is 0 Å². The second-order valence-corrected chi connectivity index (χ2v) is 5.54. The molecule has 0 aromatic heterocycles. The van der Waals surface area contributed by atoms with Gasteiger partial charge in [-0.2, -0.15) is 0 Å². The lowest BCUT2D eigenvalue weighted by atomic mass is 10.1. The average molecular weight is 300 g/mol. The van der Waals surface area contributed by atoms with E-state index in [9.17, 15) is 0 Å². The van der Waals surface area contributed by atoms with Gasteiger partial charge in [0.25, 0.3) is 0 Å². The summed E-state index contributed by atoms with van der Waals surface area (Å²) in [7, 11) is 0. The zero-order chi connectivity index (χ0) is 12.8. The number of ether oxygens (including phenoxy) is 1. The zero-order valence-electron chi connectivity index (χ0n) is 10.9. The van der Waals surface area contributed by atoms with Crippen LogP contribution in [0.3, 0.4) is 0 Å². The molecule has 0 aliphatic carbocycles. The van der Waals surface area contributed by atoms with Crippen LogP contribution in [0.15, 0.2) is 22.7 Å². The van der Waals surface area contributed by atoms with Gasteiger partial charge >= 0.3 is 0 Å². The van der Waals surface area contributed by atoms with Gasteiger partial charge in [0.1, 0.15) is 5.75 Å². The number of benzene rings is 1. The van der Waals surface area contributed by atoms with E-state index in [0.717, 1.165) is 22.4 Å². The van der Waals surface area contributed by atoms with Gasteiger partial charge in [-0.1, -0.05) is 26.3 Å². The van der Waals surface area contributed by atoms with Crippen molar-refractivity contribution in [2.45, 2.75) is 39.7 Å². The van der Waals surface area contributed by atoms with Crippen LogP contribution in [0.2, 0.25) is 0 Å². The van der Waals surface area contributed by atoms with Gasteiger partial charge in [0.05, 0.1) is 11.1 Å². The number of rotatable bonds is 6. The molecule has 1 rings (SSSR count). The maximum absolute atomic E-state index is 5.83. The van der Waals surface area contributed by atoms with Gasteiger partial charge < -0.3 is 10.5 Å². The summed E-state index contributed by atoms with van der Waals surface area (Å²) >= 11 is 3.52. The van der Waals surface area contributed by atoms with E-state index in [1.807, 2.05) is 25.1 Å². The normalized spacial score (nSPS) is 14.4. The molecule has 0 aliphatic heterocycles. The Morgan fingerprint density at radius 3 is 2.59 bits per heavy atom. The van der Waals surface area contributed by atoms with Crippen molar-refractivity contribution in [2.75, 3.05) is 6.61 Å². The Balaban J connectivity index is 2.60. The minimum absolute atomic E-state index is 0.0550. The summed E-state index contributed by atoms with van der Waals surface area (Å²) in [5.74, 6) is 1.50. The fourth-order valence-corrected chi connectivity index (χ4v) is 2.24. The molecule has 0 heterocycles. The first-order valence-corrected chi connectivity index (χ1v) is 7.01. The summed E-state index contributed by atoms with van der Waals surface area (Å²) in [5, 5.41) is 0. The third kappa shape index (κ3) is 4.68. The number of hydrogen-bond donors (Lipinski definition) is 1. The van der Waals surface area contributed by atoms with Crippen molar-refractivity contribution in [2.24, 2.45) is 11.7 Å². The summed E-state index contributed by atoms with van der Waals surface area (Å²) in [6.07, 6.45) is 2.41. The molecule has 1 unspecified atom stereocenters. The maximum Gasteiger partial charge on any atom is 0.133 e. The van der Waals surface area contributed by atoms with Gasteiger partial charge in [-0.05, 0) is 52.9 Å². The highest BCUT2D eigenvalue weighted by Crippen LogP contribution is 2.28. The SMILES string of the molecule is CCCC(C)COc1ccc([C@@H](C)N)cc1Br. The van der Waals surface area contributed by atoms with E-state index in [4.69, 9.17) is 10.5 Å². The molecular formula is C14H22BrNO. The molecule has 0 amide bonds. The van der Waals surface area contributed by atoms with Crippen LogP contribution in [-0.2, 0) is 0 Å². The minimum Gasteiger partial charge on any atom is -0.492 e. The predicted molar refractivity (Wildman–Crippen MR) is 76.3 cm³/mol. The molecule has 1 aromatic rings. The quantitative estimate of drug-likeness (QED) is 0.851. The van der Waals surface area contributed by atoms with Gasteiger partial charge in [0.2, 0.25) is 0 Å². The second kappa shape index (κ2) is 7.02. The highest BCUT2D eigenvalue weighted by Gasteiger charge is 2.07. The predicted octanol–water partition coefficient (Wildman–Crippen LogP) is 4.28. The van der Waals surface area contributed by atoms with Gasteiger partial charge in [-0.15, -0.1) is 0 Å². The lowest BCUT2D eigenvalue weighted by molar-refractivity contribution is 0.250. The van der Waals surface area contributed by atoms with Crippen molar-refractivity contribution in [1.82, 2.24) is 0 Å². The Kier molecular flexibility index (Phi) is 6.00. The topological polar surface area (TPSA) is 35.2 Å². The number of nitrogens with two attached hydrogens (primary N) is 1. The molecule has 2 nitrogen and oxygen atoms in total. The van der Waals surface area contributed by atoms with E-state index in [2.05, 4.69) is 29.8 Å². The third-order valence-corrected chi connectivity index (χ3v) is 3.41. The fourth-order valence-electron chi connectivity index (χ4n) is 1.73. The van der Waals surface area contributed by atoms with Gasteiger partial charge in [-0.25, -0.2) is 0 Å². The highest BCUT2D eigenvalue weighted by molar-refractivity contribution is 9.10. The number of hydrogen-bond acceptors (Lipinski definition) is 2. The van der Waals surface area contributed by atoms with Crippen molar-refractivity contribution in [3.8, 4) is 5.75 Å². The Labute approximate surface area is 113 Å². The molecule has 96 valence electrons. The Morgan fingerprint density at radius 2 is 2.06 bits per heavy atom. The largest absolute Gasteiger partial charge is 0.492 e. The van der Waals surface area contributed by atoms with Crippen molar-refractivity contribution in [3.05, 3.63) is 28.2 Å². The van der Waals surface area contributed by atoms with Crippen molar-refractivity contribution >= 4 is 15.9 Å². The summed E-state index contributed by atoms with van der Waals surface area (Å²) in [6, 6.07) is 6.10. The smallest absolute Gasteiger partial charge is 0.133 e. The van der Waals surface area contributed by atoms with Crippen LogP contribution in [0.4, 0.5) is 0 Å². The average Bonchev–Trinajstić information content (AvgIpc) is 2.27. The van der Waals surface area contributed by atoms with Crippen LogP contribution in [0.5, 0.6) is 5.75 Å². The third-order valence-electron chi connectivity index (χ3n) is 2.79. The molecule has 0 spiro atoms. The lowest BCUT2D eigenvalue weighted by Crippen LogP contribution is -2.09. The molecule has 0 aliphatic rings.